The third kappa shape index (κ3) is 4.96. The summed E-state index contributed by atoms with van der Waals surface area (Å²) in [6.07, 6.45) is 3.02. The second-order valence-corrected chi connectivity index (χ2v) is 6.20. The molecule has 0 saturated heterocycles. The molecule has 0 spiro atoms. The first-order valence-corrected chi connectivity index (χ1v) is 7.11. The Morgan fingerprint density at radius 1 is 1.28 bits per heavy atom. The summed E-state index contributed by atoms with van der Waals surface area (Å²) in [4.78, 5) is 2.39. The lowest BCUT2D eigenvalue weighted by atomic mass is 9.90. The Morgan fingerprint density at radius 3 is 2.22 bits per heavy atom. The molecule has 2 atom stereocenters. The molecule has 0 aliphatic carbocycles. The van der Waals surface area contributed by atoms with Crippen LogP contribution in [0.3, 0.4) is 0 Å². The van der Waals surface area contributed by atoms with Crippen molar-refractivity contribution in [2.75, 3.05) is 13.6 Å². The molecule has 0 bridgehead atoms. The van der Waals surface area contributed by atoms with Gasteiger partial charge in [0.15, 0.2) is 0 Å². The molecule has 0 saturated carbocycles. The standard InChI is InChI=1S/C15H31N3/c1-8-10-17-15(6,12-16)11-13(3)18(7)14(4,5)9-2/h13,17H,8-11H2,1-7H3. The van der Waals surface area contributed by atoms with Crippen LogP contribution in [0.2, 0.25) is 0 Å². The van der Waals surface area contributed by atoms with Gasteiger partial charge in [-0.3, -0.25) is 10.2 Å². The fraction of sp³-hybridized carbons (Fsp3) is 0.933. The van der Waals surface area contributed by atoms with E-state index in [1.54, 1.807) is 0 Å². The van der Waals surface area contributed by atoms with Crippen molar-refractivity contribution >= 4 is 0 Å². The molecule has 0 aromatic heterocycles. The zero-order chi connectivity index (χ0) is 14.4. The monoisotopic (exact) mass is 253 g/mol. The van der Waals surface area contributed by atoms with E-state index < -0.39 is 5.54 Å². The molecule has 0 aliphatic rings. The largest absolute Gasteiger partial charge is 0.300 e. The highest BCUT2D eigenvalue weighted by Gasteiger charge is 2.31. The molecule has 106 valence electrons. The van der Waals surface area contributed by atoms with E-state index >= 15 is 0 Å². The van der Waals surface area contributed by atoms with Gasteiger partial charge in [-0.1, -0.05) is 13.8 Å². The van der Waals surface area contributed by atoms with Crippen molar-refractivity contribution in [3.8, 4) is 6.07 Å². The van der Waals surface area contributed by atoms with Crippen molar-refractivity contribution in [3.63, 3.8) is 0 Å². The average molecular weight is 253 g/mol. The van der Waals surface area contributed by atoms with Gasteiger partial charge in [-0.25, -0.2) is 0 Å². The Kier molecular flexibility index (Phi) is 6.88. The van der Waals surface area contributed by atoms with Gasteiger partial charge in [0.05, 0.1) is 6.07 Å². The molecule has 0 aliphatic heterocycles. The van der Waals surface area contributed by atoms with Gasteiger partial charge in [0, 0.05) is 11.6 Å². The highest BCUT2D eigenvalue weighted by atomic mass is 15.2. The van der Waals surface area contributed by atoms with Crippen LogP contribution in [0.25, 0.3) is 0 Å². The van der Waals surface area contributed by atoms with E-state index in [9.17, 15) is 5.26 Å². The van der Waals surface area contributed by atoms with E-state index in [1.165, 1.54) is 0 Å². The number of nitrogens with zero attached hydrogens (tertiary/aromatic N) is 2. The topological polar surface area (TPSA) is 39.1 Å². The highest BCUT2D eigenvalue weighted by molar-refractivity contribution is 5.05. The molecular weight excluding hydrogens is 222 g/mol. The van der Waals surface area contributed by atoms with Crippen LogP contribution in [0.1, 0.15) is 60.8 Å². The highest BCUT2D eigenvalue weighted by Crippen LogP contribution is 2.23. The summed E-state index contributed by atoms with van der Waals surface area (Å²) in [5, 5.41) is 12.7. The molecular formula is C15H31N3. The maximum Gasteiger partial charge on any atom is 0.105 e. The van der Waals surface area contributed by atoms with Crippen molar-refractivity contribution in [2.45, 2.75) is 77.9 Å². The quantitative estimate of drug-likeness (QED) is 0.722. The van der Waals surface area contributed by atoms with Gasteiger partial charge in [-0.05, 0) is 60.5 Å². The molecule has 0 rings (SSSR count). The van der Waals surface area contributed by atoms with Crippen molar-refractivity contribution in [3.05, 3.63) is 0 Å². The third-order valence-electron chi connectivity index (χ3n) is 4.20. The zero-order valence-electron chi connectivity index (χ0n) is 13.3. The second kappa shape index (κ2) is 7.11. The molecule has 0 radical (unpaired) electrons. The minimum atomic E-state index is -0.423. The molecule has 3 nitrogen and oxygen atoms in total. The van der Waals surface area contributed by atoms with Gasteiger partial charge in [0.25, 0.3) is 0 Å². The maximum atomic E-state index is 9.37. The van der Waals surface area contributed by atoms with Crippen molar-refractivity contribution in [2.24, 2.45) is 0 Å². The molecule has 1 N–H and O–H groups in total. The van der Waals surface area contributed by atoms with Gasteiger partial charge in [0.2, 0.25) is 0 Å². The Morgan fingerprint density at radius 2 is 1.83 bits per heavy atom. The van der Waals surface area contributed by atoms with Crippen LogP contribution in [-0.4, -0.2) is 35.6 Å². The average Bonchev–Trinajstić information content (AvgIpc) is 2.35. The van der Waals surface area contributed by atoms with Crippen molar-refractivity contribution < 1.29 is 0 Å². The number of nitrogens with one attached hydrogen (secondary N) is 1. The minimum Gasteiger partial charge on any atom is -0.300 e. The summed E-state index contributed by atoms with van der Waals surface area (Å²) in [6.45, 7) is 14.0. The number of hydrogen-bond acceptors (Lipinski definition) is 3. The lowest BCUT2D eigenvalue weighted by Crippen LogP contribution is -2.51. The van der Waals surface area contributed by atoms with Gasteiger partial charge < -0.3 is 0 Å². The number of rotatable bonds is 8. The molecule has 18 heavy (non-hydrogen) atoms. The summed E-state index contributed by atoms with van der Waals surface area (Å²) >= 11 is 0. The lowest BCUT2D eigenvalue weighted by molar-refractivity contribution is 0.0899. The summed E-state index contributed by atoms with van der Waals surface area (Å²) in [7, 11) is 2.16. The van der Waals surface area contributed by atoms with E-state index in [0.717, 1.165) is 25.8 Å². The Hall–Kier alpha value is -0.590. The molecule has 0 aromatic carbocycles. The van der Waals surface area contributed by atoms with Crippen LogP contribution < -0.4 is 5.32 Å². The summed E-state index contributed by atoms with van der Waals surface area (Å²) in [6, 6.07) is 2.81. The summed E-state index contributed by atoms with van der Waals surface area (Å²) in [5.74, 6) is 0. The SMILES string of the molecule is CCCNC(C)(C#N)CC(C)N(C)C(C)(C)CC. The predicted octanol–water partition coefficient (Wildman–Crippen LogP) is 3.17. The second-order valence-electron chi connectivity index (χ2n) is 6.20. The molecule has 0 aromatic rings. The Bertz CT molecular complexity index is 280. The number of hydrogen-bond donors (Lipinski definition) is 1. The van der Waals surface area contributed by atoms with E-state index in [1.807, 2.05) is 6.92 Å². The van der Waals surface area contributed by atoms with Crippen molar-refractivity contribution in [1.29, 1.82) is 5.26 Å². The maximum absolute atomic E-state index is 9.37. The first kappa shape index (κ1) is 17.4. The van der Waals surface area contributed by atoms with Crippen LogP contribution in [0.15, 0.2) is 0 Å². The minimum absolute atomic E-state index is 0.181. The Balaban J connectivity index is 4.62. The third-order valence-corrected chi connectivity index (χ3v) is 4.20. The molecule has 3 heteroatoms. The van der Waals surface area contributed by atoms with Gasteiger partial charge >= 0.3 is 0 Å². The molecule has 0 amide bonds. The van der Waals surface area contributed by atoms with Gasteiger partial charge in [-0.15, -0.1) is 0 Å². The van der Waals surface area contributed by atoms with Gasteiger partial charge in [0.1, 0.15) is 5.54 Å². The predicted molar refractivity (Wildman–Crippen MR) is 78.5 cm³/mol. The zero-order valence-corrected chi connectivity index (χ0v) is 13.3. The first-order valence-electron chi connectivity index (χ1n) is 7.11. The molecule has 2 unspecified atom stereocenters. The van der Waals surface area contributed by atoms with Crippen LogP contribution >= 0.6 is 0 Å². The van der Waals surface area contributed by atoms with E-state index in [0.29, 0.717) is 6.04 Å². The van der Waals surface area contributed by atoms with Gasteiger partial charge in [-0.2, -0.15) is 5.26 Å². The lowest BCUT2D eigenvalue weighted by Gasteiger charge is -2.41. The van der Waals surface area contributed by atoms with Crippen LogP contribution in [-0.2, 0) is 0 Å². The van der Waals surface area contributed by atoms with E-state index in [2.05, 4.69) is 58.0 Å². The first-order chi connectivity index (χ1) is 8.22. The van der Waals surface area contributed by atoms with E-state index in [-0.39, 0.29) is 5.54 Å². The number of nitriles is 1. The van der Waals surface area contributed by atoms with Crippen LogP contribution in [0.5, 0.6) is 0 Å². The fourth-order valence-corrected chi connectivity index (χ4v) is 2.13. The van der Waals surface area contributed by atoms with Crippen LogP contribution in [0.4, 0.5) is 0 Å². The van der Waals surface area contributed by atoms with Crippen LogP contribution in [0, 0.1) is 11.3 Å². The smallest absolute Gasteiger partial charge is 0.105 e. The van der Waals surface area contributed by atoms with E-state index in [4.69, 9.17) is 0 Å². The summed E-state index contributed by atoms with van der Waals surface area (Å²) < 4.78 is 0. The van der Waals surface area contributed by atoms with Crippen molar-refractivity contribution in [1.82, 2.24) is 10.2 Å². The fourth-order valence-electron chi connectivity index (χ4n) is 2.13. The molecule has 0 heterocycles. The molecule has 0 fully saturated rings. The normalized spacial score (nSPS) is 17.3. The Labute approximate surface area is 114 Å². The summed E-state index contributed by atoms with van der Waals surface area (Å²) in [5.41, 5.74) is -0.242.